The van der Waals surface area contributed by atoms with Crippen LogP contribution in [0, 0.1) is 11.3 Å². The minimum Gasteiger partial charge on any atom is -0.493 e. The number of fused-ring (bicyclic) bond motifs is 2. The number of nitrogens with zero attached hydrogens (tertiary/aromatic N) is 1. The van der Waals surface area contributed by atoms with Crippen LogP contribution in [0.2, 0.25) is 0 Å². The molecule has 0 fully saturated rings. The molecule has 0 aliphatic heterocycles. The molecule has 0 aliphatic rings. The van der Waals surface area contributed by atoms with Gasteiger partial charge in [-0.2, -0.15) is 5.26 Å². The molecular weight excluding hydrogens is 446 g/mol. The molecule has 5 aromatic rings. The summed E-state index contributed by atoms with van der Waals surface area (Å²) in [5, 5.41) is 14.5. The lowest BCUT2D eigenvalue weighted by atomic mass is 9.98. The molecule has 176 valence electrons. The molecule has 0 saturated heterocycles. The van der Waals surface area contributed by atoms with Crippen molar-refractivity contribution in [2.24, 2.45) is 0 Å². The van der Waals surface area contributed by atoms with Crippen LogP contribution in [0.15, 0.2) is 97.1 Å². The second-order valence-electron chi connectivity index (χ2n) is 8.37. The summed E-state index contributed by atoms with van der Waals surface area (Å²) in [6.07, 6.45) is 1.89. The summed E-state index contributed by atoms with van der Waals surface area (Å²) in [6.45, 7) is 0.415. The van der Waals surface area contributed by atoms with E-state index >= 15 is 0 Å². The Labute approximate surface area is 210 Å². The highest BCUT2D eigenvalue weighted by Crippen LogP contribution is 2.35. The minimum atomic E-state index is 0.415. The number of methoxy groups -OCH3 is 2. The maximum Gasteiger partial charge on any atom is 0.161 e. The van der Waals surface area contributed by atoms with Crippen LogP contribution >= 0.6 is 0 Å². The van der Waals surface area contributed by atoms with E-state index < -0.39 is 0 Å². The number of nitriles is 1. The van der Waals surface area contributed by atoms with Gasteiger partial charge in [0, 0.05) is 5.56 Å². The molecular formula is C32H25NO3. The predicted molar refractivity (Wildman–Crippen MR) is 145 cm³/mol. The molecule has 0 N–H and O–H groups in total. The Morgan fingerprint density at radius 2 is 1.39 bits per heavy atom. The summed E-state index contributed by atoms with van der Waals surface area (Å²) in [4.78, 5) is 0. The molecule has 0 unspecified atom stereocenters. The van der Waals surface area contributed by atoms with Crippen LogP contribution in [0.25, 0.3) is 33.2 Å². The smallest absolute Gasteiger partial charge is 0.161 e. The Hall–Kier alpha value is -4.75. The molecule has 0 amide bonds. The average Bonchev–Trinajstić information content (AvgIpc) is 2.94. The summed E-state index contributed by atoms with van der Waals surface area (Å²) in [5.74, 6) is 1.90. The molecule has 0 bridgehead atoms. The summed E-state index contributed by atoms with van der Waals surface area (Å²) in [5.41, 5.74) is 3.21. The van der Waals surface area contributed by atoms with E-state index in [1.54, 1.807) is 20.3 Å². The monoisotopic (exact) mass is 471 g/mol. The van der Waals surface area contributed by atoms with Crippen molar-refractivity contribution in [3.05, 3.63) is 114 Å². The number of hydrogen-bond donors (Lipinski definition) is 0. The average molecular weight is 472 g/mol. The molecule has 0 aliphatic carbocycles. The highest BCUT2D eigenvalue weighted by atomic mass is 16.5. The van der Waals surface area contributed by atoms with E-state index in [1.165, 1.54) is 10.8 Å². The van der Waals surface area contributed by atoms with Gasteiger partial charge in [0.25, 0.3) is 0 Å². The number of benzene rings is 5. The number of allylic oxidation sites excluding steroid dienone is 1. The van der Waals surface area contributed by atoms with Crippen molar-refractivity contribution in [1.82, 2.24) is 0 Å². The van der Waals surface area contributed by atoms with Crippen molar-refractivity contribution in [3.63, 3.8) is 0 Å². The largest absolute Gasteiger partial charge is 0.493 e. The molecule has 4 heteroatoms. The molecule has 0 heterocycles. The van der Waals surface area contributed by atoms with Gasteiger partial charge < -0.3 is 14.2 Å². The summed E-state index contributed by atoms with van der Waals surface area (Å²) >= 11 is 0. The topological polar surface area (TPSA) is 51.5 Å². The fraction of sp³-hybridized carbons (Fsp3) is 0.0938. The Kier molecular flexibility index (Phi) is 6.55. The van der Waals surface area contributed by atoms with Crippen molar-refractivity contribution < 1.29 is 14.2 Å². The summed E-state index contributed by atoms with van der Waals surface area (Å²) < 4.78 is 17.2. The number of rotatable bonds is 7. The van der Waals surface area contributed by atoms with Gasteiger partial charge in [-0.1, -0.05) is 72.8 Å². The second-order valence-corrected chi connectivity index (χ2v) is 8.37. The lowest BCUT2D eigenvalue weighted by Gasteiger charge is -2.14. The molecule has 0 radical (unpaired) electrons. The first-order chi connectivity index (χ1) is 17.7. The van der Waals surface area contributed by atoms with Gasteiger partial charge in [-0.05, 0) is 63.0 Å². The molecule has 5 aromatic carbocycles. The normalized spacial score (nSPS) is 11.3. The maximum absolute atomic E-state index is 10.1. The van der Waals surface area contributed by atoms with E-state index in [9.17, 15) is 5.26 Å². The molecule has 0 atom stereocenters. The first-order valence-corrected chi connectivity index (χ1v) is 11.7. The van der Waals surface area contributed by atoms with E-state index in [-0.39, 0.29) is 0 Å². The third-order valence-corrected chi connectivity index (χ3v) is 6.30. The van der Waals surface area contributed by atoms with Crippen LogP contribution in [0.4, 0.5) is 0 Å². The van der Waals surface area contributed by atoms with E-state index in [0.29, 0.717) is 23.7 Å². The third kappa shape index (κ3) is 4.47. The third-order valence-electron chi connectivity index (χ3n) is 6.30. The Morgan fingerprint density at radius 1 is 0.722 bits per heavy atom. The van der Waals surface area contributed by atoms with Crippen LogP contribution in [0.3, 0.4) is 0 Å². The second kappa shape index (κ2) is 10.2. The minimum absolute atomic E-state index is 0.415. The van der Waals surface area contributed by atoms with E-state index in [0.717, 1.165) is 33.2 Å². The molecule has 36 heavy (non-hydrogen) atoms. The molecule has 4 nitrogen and oxygen atoms in total. The summed E-state index contributed by atoms with van der Waals surface area (Å²) in [7, 11) is 3.18. The fourth-order valence-corrected chi connectivity index (χ4v) is 4.45. The van der Waals surface area contributed by atoms with Crippen molar-refractivity contribution in [2.75, 3.05) is 14.2 Å². The highest BCUT2D eigenvalue weighted by molar-refractivity contribution is 6.00. The van der Waals surface area contributed by atoms with Crippen molar-refractivity contribution in [1.29, 1.82) is 5.26 Å². The Balaban J connectivity index is 1.59. The first-order valence-electron chi connectivity index (χ1n) is 11.7. The fourth-order valence-electron chi connectivity index (χ4n) is 4.45. The zero-order chi connectivity index (χ0) is 24.9. The SMILES string of the molecule is COc1ccc(/C(C#N)=C/c2c(OCc3cccc4ccccc34)ccc3ccccc23)cc1OC. The standard InChI is InChI=1S/C32H25NO3/c1-34-31-17-15-24(19-32(31)35-2)26(20-33)18-29-28-13-6-4-9-23(28)14-16-30(29)36-21-25-11-7-10-22-8-3-5-12-27(22)25/h3-19H,21H2,1-2H3/b26-18+. The van der Waals surface area contributed by atoms with E-state index in [2.05, 4.69) is 42.5 Å². The van der Waals surface area contributed by atoms with Crippen molar-refractivity contribution in [3.8, 4) is 23.3 Å². The van der Waals surface area contributed by atoms with Gasteiger partial charge in [0.2, 0.25) is 0 Å². The van der Waals surface area contributed by atoms with Gasteiger partial charge in [-0.25, -0.2) is 0 Å². The number of ether oxygens (including phenoxy) is 3. The Morgan fingerprint density at radius 3 is 2.14 bits per heavy atom. The molecule has 5 rings (SSSR count). The van der Waals surface area contributed by atoms with Crippen LogP contribution in [-0.4, -0.2) is 14.2 Å². The van der Waals surface area contributed by atoms with E-state index in [1.807, 2.05) is 60.7 Å². The molecule has 0 spiro atoms. The zero-order valence-electron chi connectivity index (χ0n) is 20.2. The highest BCUT2D eigenvalue weighted by Gasteiger charge is 2.13. The zero-order valence-corrected chi connectivity index (χ0v) is 20.2. The van der Waals surface area contributed by atoms with Gasteiger partial charge in [0.1, 0.15) is 12.4 Å². The predicted octanol–water partition coefficient (Wildman–Crippen LogP) is 7.65. The van der Waals surface area contributed by atoms with Crippen molar-refractivity contribution >= 4 is 33.2 Å². The van der Waals surface area contributed by atoms with Crippen LogP contribution in [0.5, 0.6) is 17.2 Å². The van der Waals surface area contributed by atoms with Gasteiger partial charge in [-0.3, -0.25) is 0 Å². The molecule has 0 aromatic heterocycles. The lowest BCUT2D eigenvalue weighted by molar-refractivity contribution is 0.307. The maximum atomic E-state index is 10.1. The van der Waals surface area contributed by atoms with E-state index in [4.69, 9.17) is 14.2 Å². The van der Waals surface area contributed by atoms with Gasteiger partial charge in [0.15, 0.2) is 11.5 Å². The first kappa shape index (κ1) is 23.0. The van der Waals surface area contributed by atoms with Crippen LogP contribution in [-0.2, 0) is 6.61 Å². The van der Waals surface area contributed by atoms with Crippen LogP contribution < -0.4 is 14.2 Å². The van der Waals surface area contributed by atoms with Crippen LogP contribution in [0.1, 0.15) is 16.7 Å². The summed E-state index contributed by atoms with van der Waals surface area (Å²) in [6, 6.07) is 34.5. The number of hydrogen-bond acceptors (Lipinski definition) is 4. The van der Waals surface area contributed by atoms with Gasteiger partial charge in [0.05, 0.1) is 25.9 Å². The quantitative estimate of drug-likeness (QED) is 0.181. The Bertz CT molecular complexity index is 1620. The molecule has 0 saturated carbocycles. The van der Waals surface area contributed by atoms with Crippen molar-refractivity contribution in [2.45, 2.75) is 6.61 Å². The van der Waals surface area contributed by atoms with Gasteiger partial charge in [-0.15, -0.1) is 0 Å². The lowest BCUT2D eigenvalue weighted by Crippen LogP contribution is -1.99. The van der Waals surface area contributed by atoms with Gasteiger partial charge >= 0.3 is 0 Å².